The molecule has 1 aliphatic rings. The van der Waals surface area contributed by atoms with Crippen LogP contribution < -0.4 is 16.2 Å². The number of Topliss-reactive ketones (excluding diaryl/α,β-unsaturated/α-hetero) is 1. The van der Waals surface area contributed by atoms with E-state index >= 15 is 0 Å². The summed E-state index contributed by atoms with van der Waals surface area (Å²) < 4.78 is 37.4. The SMILES string of the molecule is C[C@H]1[C@H](CC(=O)/C(=N\OCCOc2ccc(C(=N)N)c(O)c2)c2csc(N)n2)C(=O)N1S(=O)(=O)O. The highest BCUT2D eigenvalue weighted by Crippen LogP contribution is 2.32. The molecule has 1 aromatic heterocycles. The van der Waals surface area contributed by atoms with Crippen molar-refractivity contribution in [1.29, 1.82) is 5.41 Å². The van der Waals surface area contributed by atoms with Gasteiger partial charge < -0.3 is 26.1 Å². The molecule has 1 aromatic carbocycles. The van der Waals surface area contributed by atoms with E-state index in [4.69, 9.17) is 31.0 Å². The third-order valence-corrected chi connectivity index (χ3v) is 6.71. The summed E-state index contributed by atoms with van der Waals surface area (Å²) in [6, 6.07) is 3.28. The Morgan fingerprint density at radius 3 is 2.63 bits per heavy atom. The zero-order valence-electron chi connectivity index (χ0n) is 18.2. The van der Waals surface area contributed by atoms with Gasteiger partial charge in [-0.05, 0) is 19.1 Å². The molecule has 1 saturated heterocycles. The molecule has 2 heterocycles. The highest BCUT2D eigenvalue weighted by Gasteiger charge is 2.51. The van der Waals surface area contributed by atoms with Gasteiger partial charge in [-0.25, -0.2) is 9.29 Å². The molecule has 2 atom stereocenters. The lowest BCUT2D eigenvalue weighted by molar-refractivity contribution is -0.147. The second-order valence-electron chi connectivity index (χ2n) is 7.37. The number of anilines is 1. The predicted octanol–water partition coefficient (Wildman–Crippen LogP) is 0.124. The zero-order valence-corrected chi connectivity index (χ0v) is 19.9. The van der Waals surface area contributed by atoms with Crippen molar-refractivity contribution in [2.45, 2.75) is 19.4 Å². The number of aromatic nitrogens is 1. The number of nitrogens with zero attached hydrogens (tertiary/aromatic N) is 3. The number of ether oxygens (including phenoxy) is 1. The minimum Gasteiger partial charge on any atom is -0.507 e. The first-order valence-electron chi connectivity index (χ1n) is 9.95. The van der Waals surface area contributed by atoms with E-state index in [1.807, 2.05) is 0 Å². The Labute approximate surface area is 203 Å². The van der Waals surface area contributed by atoms with Gasteiger partial charge in [-0.15, -0.1) is 11.3 Å². The number of nitrogens with two attached hydrogens (primary N) is 2. The van der Waals surface area contributed by atoms with Crippen LogP contribution in [0.2, 0.25) is 0 Å². The van der Waals surface area contributed by atoms with E-state index < -0.39 is 34.0 Å². The topological polar surface area (TPSA) is 232 Å². The molecule has 7 N–H and O–H groups in total. The highest BCUT2D eigenvalue weighted by atomic mass is 32.2. The van der Waals surface area contributed by atoms with Crippen LogP contribution >= 0.6 is 11.3 Å². The standard InChI is InChI=1S/C19H22N6O8S2/c1-9-12(18(28)25(9)35(29,30)31)7-15(27)16(13-8-34-19(22)23-13)24-33-5-4-32-10-2-3-11(17(20)21)14(26)6-10/h2-3,6,8-9,12,26H,4-5,7H2,1H3,(H3,20,21)(H2,22,23)(H,29,30,31)/b24-16-/t9-,12-/m0/s1. The molecule has 16 heteroatoms. The number of phenolic OH excluding ortho intramolecular Hbond substituents is 1. The number of nitrogens with one attached hydrogen (secondary N) is 1. The van der Waals surface area contributed by atoms with E-state index in [0.717, 1.165) is 11.3 Å². The fourth-order valence-electron chi connectivity index (χ4n) is 3.30. The van der Waals surface area contributed by atoms with Gasteiger partial charge in [0.1, 0.15) is 29.6 Å². The van der Waals surface area contributed by atoms with Gasteiger partial charge in [0.25, 0.3) is 0 Å². The summed E-state index contributed by atoms with van der Waals surface area (Å²) in [6.45, 7) is 1.25. The number of oxime groups is 1. The van der Waals surface area contributed by atoms with Crippen LogP contribution in [0.3, 0.4) is 0 Å². The van der Waals surface area contributed by atoms with Gasteiger partial charge in [0, 0.05) is 17.9 Å². The van der Waals surface area contributed by atoms with E-state index in [2.05, 4.69) is 10.1 Å². The fraction of sp³-hybridized carbons (Fsp3) is 0.316. The van der Waals surface area contributed by atoms with Crippen molar-refractivity contribution in [2.75, 3.05) is 18.9 Å². The average molecular weight is 527 g/mol. The molecule has 0 unspecified atom stereocenters. The lowest BCUT2D eigenvalue weighted by Gasteiger charge is -2.41. The Bertz CT molecular complexity index is 1290. The molecule has 0 aliphatic carbocycles. The summed E-state index contributed by atoms with van der Waals surface area (Å²) in [5, 5.41) is 22.6. The molecule has 0 radical (unpaired) electrons. The van der Waals surface area contributed by atoms with Gasteiger partial charge in [0.15, 0.2) is 23.2 Å². The number of carbonyl (C=O) groups excluding carboxylic acids is 2. The second kappa shape index (κ2) is 10.2. The van der Waals surface area contributed by atoms with E-state index in [1.165, 1.54) is 30.5 Å². The summed E-state index contributed by atoms with van der Waals surface area (Å²) in [5.74, 6) is -2.75. The monoisotopic (exact) mass is 526 g/mol. The first kappa shape index (κ1) is 25.9. The third-order valence-electron chi connectivity index (χ3n) is 5.03. The van der Waals surface area contributed by atoms with Crippen LogP contribution in [0.4, 0.5) is 5.13 Å². The molecule has 35 heavy (non-hydrogen) atoms. The van der Waals surface area contributed by atoms with Crippen molar-refractivity contribution < 1.29 is 37.2 Å². The van der Waals surface area contributed by atoms with Crippen molar-refractivity contribution in [3.8, 4) is 11.5 Å². The quantitative estimate of drug-likeness (QED) is 0.0659. The Hall–Kier alpha value is -3.76. The van der Waals surface area contributed by atoms with Gasteiger partial charge in [-0.2, -0.15) is 8.42 Å². The minimum absolute atomic E-state index is 0.0233. The third kappa shape index (κ3) is 5.84. The van der Waals surface area contributed by atoms with Crippen molar-refractivity contribution in [3.63, 3.8) is 0 Å². The number of rotatable bonds is 11. The number of thiazole rings is 1. The van der Waals surface area contributed by atoms with Gasteiger partial charge in [0.05, 0.1) is 17.5 Å². The van der Waals surface area contributed by atoms with Crippen LogP contribution in [0.15, 0.2) is 28.7 Å². The van der Waals surface area contributed by atoms with Crippen LogP contribution in [-0.4, -0.2) is 69.9 Å². The lowest BCUT2D eigenvalue weighted by Crippen LogP contribution is -2.62. The Kier molecular flexibility index (Phi) is 7.57. The molecule has 1 amide bonds. The van der Waals surface area contributed by atoms with E-state index in [0.29, 0.717) is 4.31 Å². The molecular weight excluding hydrogens is 504 g/mol. The van der Waals surface area contributed by atoms with Crippen LogP contribution in [0.5, 0.6) is 11.5 Å². The predicted molar refractivity (Wildman–Crippen MR) is 125 cm³/mol. The number of hydrogen-bond acceptors (Lipinski definition) is 12. The second-order valence-corrected chi connectivity index (χ2v) is 9.55. The summed E-state index contributed by atoms with van der Waals surface area (Å²) in [7, 11) is -4.71. The normalized spacial score (nSPS) is 18.2. The Morgan fingerprint density at radius 1 is 1.37 bits per heavy atom. The van der Waals surface area contributed by atoms with Crippen LogP contribution in [0, 0.1) is 11.3 Å². The van der Waals surface area contributed by atoms with Gasteiger partial charge in [-0.1, -0.05) is 5.16 Å². The molecule has 0 spiro atoms. The molecule has 0 saturated carbocycles. The number of nitrogen functional groups attached to an aromatic ring is 2. The number of hydrogen-bond donors (Lipinski definition) is 5. The number of β-lactam (4-membered cyclic amide) rings is 1. The number of carbonyl (C=O) groups is 2. The summed E-state index contributed by atoms with van der Waals surface area (Å²) in [4.78, 5) is 34.1. The minimum atomic E-state index is -4.71. The number of aromatic hydroxyl groups is 1. The van der Waals surface area contributed by atoms with Crippen molar-refractivity contribution in [1.82, 2.24) is 9.29 Å². The first-order valence-corrected chi connectivity index (χ1v) is 12.2. The molecule has 1 aliphatic heterocycles. The molecule has 188 valence electrons. The van der Waals surface area contributed by atoms with Gasteiger partial charge in [-0.3, -0.25) is 19.6 Å². The molecule has 3 rings (SSSR count). The smallest absolute Gasteiger partial charge is 0.362 e. The number of amidine groups is 1. The molecular formula is C19H22N6O8S2. The fourth-order valence-corrected chi connectivity index (χ4v) is 4.78. The van der Waals surface area contributed by atoms with Crippen LogP contribution in [-0.2, 0) is 24.7 Å². The summed E-state index contributed by atoms with van der Waals surface area (Å²) in [6.07, 6.45) is -0.385. The van der Waals surface area contributed by atoms with Crippen molar-refractivity contribution in [3.05, 3.63) is 34.8 Å². The summed E-state index contributed by atoms with van der Waals surface area (Å²) in [5.41, 5.74) is 11.0. The van der Waals surface area contributed by atoms with E-state index in [1.54, 1.807) is 0 Å². The number of ketones is 1. The Morgan fingerprint density at radius 2 is 2.09 bits per heavy atom. The maximum absolute atomic E-state index is 12.9. The van der Waals surface area contributed by atoms with Crippen molar-refractivity contribution in [2.24, 2.45) is 16.8 Å². The summed E-state index contributed by atoms with van der Waals surface area (Å²) >= 11 is 1.06. The molecule has 14 nitrogen and oxygen atoms in total. The van der Waals surface area contributed by atoms with Crippen LogP contribution in [0.1, 0.15) is 24.6 Å². The highest BCUT2D eigenvalue weighted by molar-refractivity contribution is 7.84. The van der Waals surface area contributed by atoms with Gasteiger partial charge in [0.2, 0.25) is 5.91 Å². The lowest BCUT2D eigenvalue weighted by atomic mass is 9.86. The van der Waals surface area contributed by atoms with E-state index in [-0.39, 0.29) is 59.1 Å². The maximum atomic E-state index is 12.9. The van der Waals surface area contributed by atoms with Gasteiger partial charge >= 0.3 is 10.3 Å². The largest absolute Gasteiger partial charge is 0.507 e. The van der Waals surface area contributed by atoms with E-state index in [9.17, 15) is 23.1 Å². The first-order chi connectivity index (χ1) is 16.4. The Balaban J connectivity index is 1.63. The average Bonchev–Trinajstić information content (AvgIpc) is 3.19. The molecule has 2 aromatic rings. The molecule has 1 fully saturated rings. The van der Waals surface area contributed by atoms with Crippen molar-refractivity contribution >= 4 is 50.0 Å². The zero-order chi connectivity index (χ0) is 25.9. The maximum Gasteiger partial charge on any atom is 0.362 e. The number of phenols is 1. The van der Waals surface area contributed by atoms with Crippen LogP contribution in [0.25, 0.3) is 0 Å². The number of amides is 1. The number of benzene rings is 1. The molecule has 0 bridgehead atoms.